The summed E-state index contributed by atoms with van der Waals surface area (Å²) in [6.07, 6.45) is -9.38. The van der Waals surface area contributed by atoms with E-state index in [9.17, 15) is 91.9 Å². The Hall–Kier alpha value is -2.70. The third-order valence-corrected chi connectivity index (χ3v) is 15.2. The van der Waals surface area contributed by atoms with Gasteiger partial charge in [-0.15, -0.1) is 0 Å². The molecule has 22 nitrogen and oxygen atoms in total. The summed E-state index contributed by atoms with van der Waals surface area (Å²) < 4.78 is 11.6. The molecule has 2 saturated heterocycles. The molecule has 81 heavy (non-hydrogen) atoms. The van der Waals surface area contributed by atoms with Crippen molar-refractivity contribution in [3.05, 3.63) is 84.6 Å². The third-order valence-electron chi connectivity index (χ3n) is 15.2. The molecule has 2 heterocycles. The molecule has 24 atom stereocenters. The molecule has 0 spiro atoms. The van der Waals surface area contributed by atoms with Gasteiger partial charge in [-0.05, 0) is 108 Å². The monoisotopic (exact) mass is 1160 g/mol. The van der Waals surface area contributed by atoms with Crippen molar-refractivity contribution in [3.8, 4) is 0 Å². The summed E-state index contributed by atoms with van der Waals surface area (Å²) >= 11 is 0. The van der Waals surface area contributed by atoms with Crippen molar-refractivity contribution in [1.29, 1.82) is 0 Å². The van der Waals surface area contributed by atoms with E-state index in [0.29, 0.717) is 56.9 Å². The molecule has 0 radical (unpaired) electrons. The van der Waals surface area contributed by atoms with E-state index in [-0.39, 0.29) is 76.1 Å². The number of hydrogen-bond acceptors (Lipinski definition) is 22. The Morgan fingerprint density at radius 2 is 1.07 bits per heavy atom. The van der Waals surface area contributed by atoms with Crippen LogP contribution in [-0.2, 0) is 9.47 Å². The Kier molecular flexibility index (Phi) is 36.6. The van der Waals surface area contributed by atoms with E-state index < -0.39 is 140 Å². The van der Waals surface area contributed by atoms with E-state index in [4.69, 9.17) is 19.7 Å². The minimum Gasteiger partial charge on any atom is -0.394 e. The number of ether oxygens (including phenoxy) is 2. The van der Waals surface area contributed by atoms with E-state index in [1.807, 2.05) is 49.5 Å². The molecule has 0 aliphatic carbocycles. The Morgan fingerprint density at radius 1 is 0.531 bits per heavy atom. The second-order valence-electron chi connectivity index (χ2n) is 22.5. The van der Waals surface area contributed by atoms with Crippen molar-refractivity contribution >= 4 is 0 Å². The van der Waals surface area contributed by atoms with Crippen LogP contribution in [0, 0.1) is 11.8 Å². The maximum absolute atomic E-state index is 11.1. The van der Waals surface area contributed by atoms with E-state index in [1.54, 1.807) is 26.0 Å². The summed E-state index contributed by atoms with van der Waals surface area (Å²) in [5.74, 6) is -0.603. The van der Waals surface area contributed by atoms with Gasteiger partial charge in [0, 0.05) is 19.3 Å². The molecule has 0 aromatic carbocycles. The summed E-state index contributed by atoms with van der Waals surface area (Å²) in [5, 5.41) is 210. The number of unbranched alkanes of at least 4 members (excludes halogenated alkanes) is 1. The summed E-state index contributed by atoms with van der Waals surface area (Å²) in [6.45, 7) is 8.34. The topological polar surface area (TPSA) is 423 Å². The van der Waals surface area contributed by atoms with Gasteiger partial charge in [0.1, 0.15) is 61.0 Å². The van der Waals surface area contributed by atoms with Crippen LogP contribution in [0.25, 0.3) is 0 Å². The first-order chi connectivity index (χ1) is 38.2. The van der Waals surface area contributed by atoms with Gasteiger partial charge in [0.2, 0.25) is 0 Å². The Bertz CT molecular complexity index is 1880. The van der Waals surface area contributed by atoms with E-state index in [2.05, 4.69) is 6.58 Å². The highest BCUT2D eigenvalue weighted by atomic mass is 16.6. The normalized spacial score (nSPS) is 28.6. The lowest BCUT2D eigenvalue weighted by atomic mass is 9.86. The quantitative estimate of drug-likeness (QED) is 0.0195. The number of aliphatic hydroxyl groups excluding tert-OH is 20. The molecule has 2 aliphatic rings. The van der Waals surface area contributed by atoms with Crippen molar-refractivity contribution in [2.75, 3.05) is 13.2 Å². The van der Waals surface area contributed by atoms with Crippen LogP contribution >= 0.6 is 0 Å². The zero-order valence-electron chi connectivity index (χ0n) is 47.4. The molecule has 0 saturated carbocycles. The van der Waals surface area contributed by atoms with Crippen LogP contribution in [0.1, 0.15) is 124 Å². The summed E-state index contributed by atoms with van der Waals surface area (Å²) in [7, 11) is 0. The molecule has 22 heteroatoms. The van der Waals surface area contributed by atoms with Crippen LogP contribution < -0.4 is 0 Å². The van der Waals surface area contributed by atoms with Crippen LogP contribution in [0.3, 0.4) is 0 Å². The highest BCUT2D eigenvalue weighted by Crippen LogP contribution is 2.32. The van der Waals surface area contributed by atoms with Gasteiger partial charge in [-0.1, -0.05) is 92.8 Å². The van der Waals surface area contributed by atoms with Gasteiger partial charge in [0.15, 0.2) is 0 Å². The predicted molar refractivity (Wildman–Crippen MR) is 300 cm³/mol. The van der Waals surface area contributed by atoms with Gasteiger partial charge in [0.25, 0.3) is 0 Å². The lowest BCUT2D eigenvalue weighted by Crippen LogP contribution is -2.59. The van der Waals surface area contributed by atoms with E-state index in [0.717, 1.165) is 0 Å². The van der Waals surface area contributed by atoms with Crippen molar-refractivity contribution in [1.82, 2.24) is 0 Å². The fourth-order valence-electron chi connectivity index (χ4n) is 9.78. The number of rotatable bonds is 40. The van der Waals surface area contributed by atoms with E-state index >= 15 is 0 Å². The first kappa shape index (κ1) is 74.4. The van der Waals surface area contributed by atoms with Crippen LogP contribution in [0.5, 0.6) is 0 Å². The molecule has 24 unspecified atom stereocenters. The molecule has 2 aliphatic heterocycles. The Labute approximate surface area is 477 Å². The van der Waals surface area contributed by atoms with Crippen molar-refractivity contribution in [2.45, 2.75) is 258 Å². The molecule has 2 rings (SSSR count). The average molecular weight is 1160 g/mol. The predicted octanol–water partition coefficient (Wildman–Crippen LogP) is -1.20. The number of aliphatic hydroxyl groups is 20. The van der Waals surface area contributed by atoms with Crippen LogP contribution in [0.2, 0.25) is 0 Å². The summed E-state index contributed by atoms with van der Waals surface area (Å²) in [6, 6.07) is 0. The molecular formula is C59H102O22. The van der Waals surface area contributed by atoms with Crippen LogP contribution in [0.4, 0.5) is 0 Å². The van der Waals surface area contributed by atoms with Gasteiger partial charge < -0.3 is 112 Å². The van der Waals surface area contributed by atoms with Crippen LogP contribution in [-0.4, -0.2) is 250 Å². The summed E-state index contributed by atoms with van der Waals surface area (Å²) in [4.78, 5) is 0. The van der Waals surface area contributed by atoms with Crippen molar-refractivity contribution in [3.63, 3.8) is 0 Å². The maximum atomic E-state index is 11.1. The molecule has 470 valence electrons. The van der Waals surface area contributed by atoms with Gasteiger partial charge in [-0.2, -0.15) is 0 Å². The van der Waals surface area contributed by atoms with Crippen LogP contribution in [0.15, 0.2) is 84.6 Å². The molecule has 20 N–H and O–H groups in total. The standard InChI is InChI=1S/C59H102O22/c1-34(18-14-13-16-20-40(64)33-61)26-43(67)44(68)28-37(4)51(73)46(70)29-38(62)24-22-35(2)27-45(69)54(76)59-55(77)47(71)30-49(80-59)41(65)25-23-36(3)52(74)57(79)50-31-48(72)56(78)58(81-50)53(75)42(66)21-17-12-10-8-6-5-7-9-11-15-19-39(63)32-60/h5-9,11,13,16-17,21,27,34,37-79H,3,10,12,14-15,18-20,22-26,28-33H2,1-2,4H3. The first-order valence-electron chi connectivity index (χ1n) is 28.7. The second kappa shape index (κ2) is 39.8. The van der Waals surface area contributed by atoms with Gasteiger partial charge in [0.05, 0.1) is 86.5 Å². The SMILES string of the molecule is C=C(CCC(O)C1CC(O)C(O)C(C(O)C(O)C=C(C)CCC(O)CC(O)C(O)C(C)CC(O)C(O)CC(C)CCC=CCC(O)CO)O1)C(O)C(O)C1CC(O)C(O)C(C(O)C(O)C=CCCC=CC=CC=CCCC(O)CO)O1. The zero-order valence-corrected chi connectivity index (χ0v) is 47.4. The maximum Gasteiger partial charge on any atom is 0.115 e. The Balaban J connectivity index is 1.86. The number of hydrogen-bond donors (Lipinski definition) is 20. The largest absolute Gasteiger partial charge is 0.394 e. The third kappa shape index (κ3) is 27.5. The summed E-state index contributed by atoms with van der Waals surface area (Å²) in [5.41, 5.74) is 0.483. The lowest BCUT2D eigenvalue weighted by molar-refractivity contribution is -0.234. The molecule has 2 fully saturated rings. The molecule has 0 aromatic heterocycles. The molecule has 0 aromatic rings. The molecule has 0 amide bonds. The minimum atomic E-state index is -1.82. The molecule has 0 bridgehead atoms. The fourth-order valence-corrected chi connectivity index (χ4v) is 9.78. The number of allylic oxidation sites excluding steroid dienone is 9. The average Bonchev–Trinajstić information content (AvgIpc) is 3.43. The first-order valence-corrected chi connectivity index (χ1v) is 28.7. The highest BCUT2D eigenvalue weighted by molar-refractivity contribution is 5.12. The zero-order chi connectivity index (χ0) is 60.9. The minimum absolute atomic E-state index is 0.000254. The van der Waals surface area contributed by atoms with Gasteiger partial charge >= 0.3 is 0 Å². The smallest absolute Gasteiger partial charge is 0.115 e. The van der Waals surface area contributed by atoms with Crippen molar-refractivity contribution < 1.29 is 112 Å². The Morgan fingerprint density at radius 3 is 1.69 bits per heavy atom. The highest BCUT2D eigenvalue weighted by Gasteiger charge is 2.47. The molecular weight excluding hydrogens is 1060 g/mol. The van der Waals surface area contributed by atoms with Gasteiger partial charge in [-0.25, -0.2) is 0 Å². The second-order valence-corrected chi connectivity index (χ2v) is 22.5. The fraction of sp³-hybridized carbons (Fsp3) is 0.763. The van der Waals surface area contributed by atoms with Gasteiger partial charge in [-0.3, -0.25) is 0 Å². The van der Waals surface area contributed by atoms with Crippen molar-refractivity contribution in [2.24, 2.45) is 11.8 Å². The van der Waals surface area contributed by atoms with E-state index in [1.165, 1.54) is 12.2 Å². The lowest BCUT2D eigenvalue weighted by Gasteiger charge is -2.42.